The van der Waals surface area contributed by atoms with Gasteiger partial charge in [-0.1, -0.05) is 0 Å². The summed E-state index contributed by atoms with van der Waals surface area (Å²) in [5, 5.41) is -6.72. The molecule has 0 atom stereocenters. The maximum absolute atomic E-state index is 14.3. The minimum atomic E-state index is -7.43. The van der Waals surface area contributed by atoms with Gasteiger partial charge in [-0.3, -0.25) is 0 Å². The van der Waals surface area contributed by atoms with E-state index in [1.54, 1.807) is 6.92 Å². The fourth-order valence-electron chi connectivity index (χ4n) is 2.63. The average Bonchev–Trinajstić information content (AvgIpc) is 2.76. The Balaban J connectivity index is 2.15. The van der Waals surface area contributed by atoms with Crippen molar-refractivity contribution in [2.75, 3.05) is 0 Å². The van der Waals surface area contributed by atoms with Crippen LogP contribution in [0.1, 0.15) is 5.56 Å². The fraction of sp³-hybridized carbons (Fsp3) is 0.250. The summed E-state index contributed by atoms with van der Waals surface area (Å²) in [6, 6.07) is 10.8. The molecule has 198 valence electrons. The van der Waals surface area contributed by atoms with Gasteiger partial charge in [-0.15, -0.1) is 0 Å². The van der Waals surface area contributed by atoms with E-state index in [1.807, 2.05) is 0 Å². The molecule has 5 nitrogen and oxygen atoms in total. The molecule has 0 aliphatic heterocycles. The number of fused-ring (bicyclic) bond motifs is 1. The van der Waals surface area contributed by atoms with E-state index in [2.05, 4.69) is 2.51 Å². The van der Waals surface area contributed by atoms with Gasteiger partial charge in [-0.2, -0.15) is 0 Å². The molecule has 1 heterocycles. The summed E-state index contributed by atoms with van der Waals surface area (Å²) in [6.07, 6.45) is -7.21. The van der Waals surface area contributed by atoms with Crippen LogP contribution >= 0.6 is 20.2 Å². The van der Waals surface area contributed by atoms with Gasteiger partial charge in [0.15, 0.2) is 0 Å². The summed E-state index contributed by atoms with van der Waals surface area (Å²) < 4.78 is 153. The van der Waals surface area contributed by atoms with Crippen molar-refractivity contribution in [2.24, 2.45) is 0 Å². The van der Waals surface area contributed by atoms with E-state index >= 15 is 0 Å². The van der Waals surface area contributed by atoms with E-state index in [0.717, 1.165) is 18.2 Å². The number of hydrogen-bond acceptors (Lipinski definition) is 5. The summed E-state index contributed by atoms with van der Waals surface area (Å²) in [4.78, 5) is 11.5. The maximum atomic E-state index is 14.3. The van der Waals surface area contributed by atoms with Gasteiger partial charge >= 0.3 is 204 Å². The normalized spacial score (nSPS) is 14.2. The Bertz CT molecular complexity index is 1430. The van der Waals surface area contributed by atoms with Crippen LogP contribution in [0.25, 0.3) is 11.0 Å². The molecule has 0 saturated carbocycles. The van der Waals surface area contributed by atoms with Crippen LogP contribution in [0.15, 0.2) is 63.8 Å². The molecule has 0 N–H and O–H groups in total. The number of benzene rings is 2. The molecule has 2 aromatic carbocycles. The third-order valence-corrected chi connectivity index (χ3v) is 11.9. The van der Waals surface area contributed by atoms with Gasteiger partial charge in [0.2, 0.25) is 0 Å². The van der Waals surface area contributed by atoms with Crippen LogP contribution in [0.2, 0.25) is 0 Å². The van der Waals surface area contributed by atoms with Crippen LogP contribution in [-0.2, 0) is 12.6 Å². The predicted molar refractivity (Wildman–Crippen MR) is 116 cm³/mol. The van der Waals surface area contributed by atoms with Crippen LogP contribution in [-0.4, -0.2) is 31.7 Å². The van der Waals surface area contributed by atoms with Crippen LogP contribution in [0, 0.1) is 14.1 Å². The first kappa shape index (κ1) is 28.2. The van der Waals surface area contributed by atoms with Crippen molar-refractivity contribution < 1.29 is 54.9 Å². The minimum absolute atomic E-state index is 0.132. The van der Waals surface area contributed by atoms with Gasteiger partial charge in [0.05, 0.1) is 0 Å². The molecule has 0 unspecified atom stereocenters. The topological polar surface area (TPSA) is 73.6 Å². The second kappa shape index (κ2) is 9.20. The molecule has 3 aromatic rings. The van der Waals surface area contributed by atoms with Crippen molar-refractivity contribution in [3.05, 3.63) is 77.7 Å². The molecule has 0 amide bonds. The van der Waals surface area contributed by atoms with Gasteiger partial charge < -0.3 is 0 Å². The second-order valence-electron chi connectivity index (χ2n) is 7.16. The molecular weight excluding hydrogens is 650 g/mol. The van der Waals surface area contributed by atoms with Crippen LogP contribution < -0.4 is 5.63 Å². The van der Waals surface area contributed by atoms with Crippen LogP contribution in [0.4, 0.5) is 39.5 Å². The molecular formula is C20H12F9IO5S. The molecule has 36 heavy (non-hydrogen) atoms. The van der Waals surface area contributed by atoms with Gasteiger partial charge in [-0.25, -0.2) is 0 Å². The molecule has 0 saturated heterocycles. The molecule has 1 aromatic heterocycles. The monoisotopic (exact) mass is 662 g/mol. The van der Waals surface area contributed by atoms with Gasteiger partial charge in [0.25, 0.3) is 0 Å². The molecule has 0 bridgehead atoms. The van der Waals surface area contributed by atoms with Crippen molar-refractivity contribution >= 4 is 41.3 Å². The van der Waals surface area contributed by atoms with Crippen molar-refractivity contribution in [1.82, 2.24) is 0 Å². The average molecular weight is 662 g/mol. The molecule has 0 spiro atoms. The molecule has 0 aliphatic rings. The molecule has 3 rings (SSSR count). The zero-order chi connectivity index (χ0) is 27.3. The first-order chi connectivity index (χ1) is 16.3. The number of halogens is 10. The van der Waals surface area contributed by atoms with E-state index in [-0.39, 0.29) is 18.1 Å². The zero-order valence-corrected chi connectivity index (χ0v) is 20.4. The summed E-state index contributed by atoms with van der Waals surface area (Å²) in [5.41, 5.74) is -0.454. The van der Waals surface area contributed by atoms with Crippen LogP contribution in [0.5, 0.6) is 0 Å². The molecule has 16 heteroatoms. The zero-order valence-electron chi connectivity index (χ0n) is 17.4. The van der Waals surface area contributed by atoms with Crippen molar-refractivity contribution in [2.45, 2.75) is 30.2 Å². The van der Waals surface area contributed by atoms with Crippen molar-refractivity contribution in [3.63, 3.8) is 0 Å². The SMILES string of the molecule is Cc1ccc(I(OS(=O)(=O)C(F)(F)C(F)(F)C(F)(F)C(F)(F)F)c2ccc3ccc(=O)oc3c2)cc1. The van der Waals surface area contributed by atoms with Gasteiger partial charge in [0, 0.05) is 0 Å². The Hall–Kier alpha value is -2.34. The second-order valence-corrected chi connectivity index (χ2v) is 13.7. The third kappa shape index (κ3) is 4.81. The summed E-state index contributed by atoms with van der Waals surface area (Å²) in [6.45, 7) is 1.58. The molecule has 0 radical (unpaired) electrons. The van der Waals surface area contributed by atoms with E-state index < -0.39 is 59.3 Å². The van der Waals surface area contributed by atoms with E-state index in [0.29, 0.717) is 5.56 Å². The summed E-state index contributed by atoms with van der Waals surface area (Å²) in [5.74, 6) is -14.8. The number of hydrogen-bond donors (Lipinski definition) is 0. The first-order valence-electron chi connectivity index (χ1n) is 9.27. The third-order valence-electron chi connectivity index (χ3n) is 4.57. The quantitative estimate of drug-likeness (QED) is 0.168. The van der Waals surface area contributed by atoms with Gasteiger partial charge in [-0.05, 0) is 0 Å². The standard InChI is InChI=1S/C20H12F9IO5S/c1-11-2-6-13(7-3-11)30(14-8-4-12-5-9-16(31)34-15(12)10-14)35-36(32,33)20(28,29)18(23,24)17(21,22)19(25,26)27/h2-10H,1H3. The van der Waals surface area contributed by atoms with E-state index in [9.17, 15) is 52.7 Å². The predicted octanol–water partition coefficient (Wildman–Crippen LogP) is 6.33. The Kier molecular flexibility index (Phi) is 7.21. The van der Waals surface area contributed by atoms with E-state index in [4.69, 9.17) is 4.42 Å². The summed E-state index contributed by atoms with van der Waals surface area (Å²) >= 11 is -4.31. The van der Waals surface area contributed by atoms with Crippen molar-refractivity contribution in [1.29, 1.82) is 0 Å². The van der Waals surface area contributed by atoms with Crippen LogP contribution in [0.3, 0.4) is 0 Å². The van der Waals surface area contributed by atoms with E-state index in [1.165, 1.54) is 36.4 Å². The summed E-state index contributed by atoms with van der Waals surface area (Å²) in [7, 11) is -7.11. The van der Waals surface area contributed by atoms with Gasteiger partial charge in [0.1, 0.15) is 0 Å². The number of aryl methyl sites for hydroxylation is 1. The number of rotatable bonds is 7. The molecule has 0 fully saturated rings. The first-order valence-corrected chi connectivity index (χ1v) is 13.7. The fourth-order valence-corrected chi connectivity index (χ4v) is 9.61. The Labute approximate surface area is 203 Å². The Morgan fingerprint density at radius 1 is 0.778 bits per heavy atom. The molecule has 0 aliphatic carbocycles. The Morgan fingerprint density at radius 3 is 1.86 bits per heavy atom. The number of alkyl halides is 9. The van der Waals surface area contributed by atoms with Crippen molar-refractivity contribution in [3.8, 4) is 0 Å². The Morgan fingerprint density at radius 2 is 1.31 bits per heavy atom.